The van der Waals surface area contributed by atoms with E-state index in [1.54, 1.807) is 13.8 Å². The molecule has 4 nitrogen and oxygen atoms in total. The maximum atomic E-state index is 11.6. The Morgan fingerprint density at radius 2 is 1.93 bits per heavy atom. The standard InChI is InChI=1S/C11H20O4/c1-4-15-10(14)11(3,9(2)13)7-5-6-8-12/h12H,4-8H2,1-3H3. The lowest BCUT2D eigenvalue weighted by Crippen LogP contribution is -2.36. The van der Waals surface area contributed by atoms with Gasteiger partial charge in [-0.15, -0.1) is 0 Å². The summed E-state index contributed by atoms with van der Waals surface area (Å²) in [5.41, 5.74) is -1.05. The van der Waals surface area contributed by atoms with Crippen molar-refractivity contribution >= 4 is 11.8 Å². The predicted octanol–water partition coefficient (Wildman–Crippen LogP) is 1.31. The van der Waals surface area contributed by atoms with Gasteiger partial charge in [-0.2, -0.15) is 0 Å². The lowest BCUT2D eigenvalue weighted by Gasteiger charge is -2.23. The van der Waals surface area contributed by atoms with Gasteiger partial charge in [0.1, 0.15) is 11.2 Å². The molecule has 88 valence electrons. The second-order valence-corrected chi connectivity index (χ2v) is 3.79. The molecule has 0 aliphatic carbocycles. The van der Waals surface area contributed by atoms with E-state index in [1.807, 2.05) is 0 Å². The van der Waals surface area contributed by atoms with Crippen molar-refractivity contribution in [2.75, 3.05) is 13.2 Å². The van der Waals surface area contributed by atoms with Crippen LogP contribution in [0.15, 0.2) is 0 Å². The van der Waals surface area contributed by atoms with Crippen LogP contribution in [0.5, 0.6) is 0 Å². The van der Waals surface area contributed by atoms with Gasteiger partial charge in [-0.1, -0.05) is 0 Å². The first-order chi connectivity index (χ1) is 6.99. The minimum absolute atomic E-state index is 0.0802. The van der Waals surface area contributed by atoms with Crippen molar-refractivity contribution in [1.82, 2.24) is 0 Å². The second-order valence-electron chi connectivity index (χ2n) is 3.79. The highest BCUT2D eigenvalue weighted by Crippen LogP contribution is 2.27. The fourth-order valence-corrected chi connectivity index (χ4v) is 1.30. The van der Waals surface area contributed by atoms with Crippen molar-refractivity contribution in [3.63, 3.8) is 0 Å². The molecule has 0 aliphatic rings. The number of hydrogen-bond donors (Lipinski definition) is 1. The molecule has 1 N–H and O–H groups in total. The summed E-state index contributed by atoms with van der Waals surface area (Å²) in [4.78, 5) is 23.0. The third-order valence-corrected chi connectivity index (χ3v) is 2.59. The SMILES string of the molecule is CCOC(=O)C(C)(CCCCO)C(C)=O. The minimum atomic E-state index is -1.05. The Morgan fingerprint density at radius 3 is 2.33 bits per heavy atom. The van der Waals surface area contributed by atoms with Crippen LogP contribution in [-0.4, -0.2) is 30.1 Å². The summed E-state index contributed by atoms with van der Waals surface area (Å²) in [5, 5.41) is 8.64. The Labute approximate surface area is 90.6 Å². The molecule has 1 atom stereocenters. The monoisotopic (exact) mass is 216 g/mol. The number of rotatable bonds is 7. The predicted molar refractivity (Wildman–Crippen MR) is 56.4 cm³/mol. The van der Waals surface area contributed by atoms with Crippen LogP contribution in [0, 0.1) is 5.41 Å². The second kappa shape index (κ2) is 6.56. The van der Waals surface area contributed by atoms with E-state index in [2.05, 4.69) is 0 Å². The molecular formula is C11H20O4. The van der Waals surface area contributed by atoms with Crippen molar-refractivity contribution in [1.29, 1.82) is 0 Å². The molecule has 0 radical (unpaired) electrons. The summed E-state index contributed by atoms with van der Waals surface area (Å²) in [6, 6.07) is 0. The number of carbonyl (C=O) groups excluding carboxylic acids is 2. The molecule has 0 fully saturated rings. The van der Waals surface area contributed by atoms with Crippen molar-refractivity contribution < 1.29 is 19.4 Å². The minimum Gasteiger partial charge on any atom is -0.465 e. The highest BCUT2D eigenvalue weighted by Gasteiger charge is 2.38. The highest BCUT2D eigenvalue weighted by atomic mass is 16.5. The molecule has 0 aromatic rings. The molecule has 0 saturated carbocycles. The van der Waals surface area contributed by atoms with Gasteiger partial charge in [0.2, 0.25) is 0 Å². The van der Waals surface area contributed by atoms with E-state index in [4.69, 9.17) is 9.84 Å². The number of hydrogen-bond acceptors (Lipinski definition) is 4. The fourth-order valence-electron chi connectivity index (χ4n) is 1.30. The summed E-state index contributed by atoms with van der Waals surface area (Å²) in [5.74, 6) is -0.644. The largest absolute Gasteiger partial charge is 0.465 e. The first-order valence-electron chi connectivity index (χ1n) is 5.28. The number of esters is 1. The van der Waals surface area contributed by atoms with Crippen molar-refractivity contribution in [3.8, 4) is 0 Å². The number of unbranched alkanes of at least 4 members (excludes halogenated alkanes) is 1. The summed E-state index contributed by atoms with van der Waals surface area (Å²) in [6.45, 7) is 5.07. The lowest BCUT2D eigenvalue weighted by atomic mass is 9.81. The maximum Gasteiger partial charge on any atom is 0.319 e. The first-order valence-corrected chi connectivity index (χ1v) is 5.28. The zero-order chi connectivity index (χ0) is 11.9. The smallest absolute Gasteiger partial charge is 0.319 e. The van der Waals surface area contributed by atoms with Crippen molar-refractivity contribution in [2.24, 2.45) is 5.41 Å². The van der Waals surface area contributed by atoms with Crippen LogP contribution >= 0.6 is 0 Å². The molecule has 0 saturated heterocycles. The average Bonchev–Trinajstić information content (AvgIpc) is 2.18. The third-order valence-electron chi connectivity index (χ3n) is 2.59. The van der Waals surface area contributed by atoms with Gasteiger partial charge in [0, 0.05) is 6.61 Å². The molecule has 0 bridgehead atoms. The van der Waals surface area contributed by atoms with E-state index in [0.717, 1.165) is 0 Å². The van der Waals surface area contributed by atoms with E-state index in [9.17, 15) is 9.59 Å². The number of aliphatic hydroxyl groups excluding tert-OH is 1. The van der Waals surface area contributed by atoms with E-state index >= 15 is 0 Å². The molecule has 0 heterocycles. The van der Waals surface area contributed by atoms with Crippen molar-refractivity contribution in [2.45, 2.75) is 40.0 Å². The average molecular weight is 216 g/mol. The molecule has 0 amide bonds. The first kappa shape index (κ1) is 14.1. The quantitative estimate of drug-likeness (QED) is 0.396. The number of ketones is 1. The van der Waals surface area contributed by atoms with Gasteiger partial charge in [0.25, 0.3) is 0 Å². The van der Waals surface area contributed by atoms with Crippen LogP contribution in [0.2, 0.25) is 0 Å². The maximum absolute atomic E-state index is 11.6. The number of Topliss-reactive ketones (excluding diaryl/α,β-unsaturated/α-hetero) is 1. The van der Waals surface area contributed by atoms with E-state index in [-0.39, 0.29) is 19.0 Å². The van der Waals surface area contributed by atoms with Crippen LogP contribution in [0.4, 0.5) is 0 Å². The van der Waals surface area contributed by atoms with Crippen molar-refractivity contribution in [3.05, 3.63) is 0 Å². The van der Waals surface area contributed by atoms with E-state index < -0.39 is 11.4 Å². The number of aliphatic hydroxyl groups is 1. The summed E-state index contributed by atoms with van der Waals surface area (Å²) in [7, 11) is 0. The van der Waals surface area contributed by atoms with Crippen LogP contribution < -0.4 is 0 Å². The summed E-state index contributed by atoms with van der Waals surface area (Å²) >= 11 is 0. The van der Waals surface area contributed by atoms with Gasteiger partial charge >= 0.3 is 5.97 Å². The zero-order valence-electron chi connectivity index (χ0n) is 9.71. The fraction of sp³-hybridized carbons (Fsp3) is 0.818. The molecule has 0 aliphatic heterocycles. The molecular weight excluding hydrogens is 196 g/mol. The molecule has 0 rings (SSSR count). The molecule has 15 heavy (non-hydrogen) atoms. The summed E-state index contributed by atoms with van der Waals surface area (Å²) in [6.07, 6.45) is 1.68. The molecule has 0 aromatic carbocycles. The van der Waals surface area contributed by atoms with Gasteiger partial charge in [-0.05, 0) is 40.0 Å². The van der Waals surface area contributed by atoms with Gasteiger partial charge in [-0.25, -0.2) is 0 Å². The molecule has 0 aromatic heterocycles. The lowest BCUT2D eigenvalue weighted by molar-refractivity contribution is -0.159. The Morgan fingerprint density at radius 1 is 1.33 bits per heavy atom. The van der Waals surface area contributed by atoms with Gasteiger partial charge in [0.05, 0.1) is 6.61 Å². The molecule has 1 unspecified atom stereocenters. The van der Waals surface area contributed by atoms with Crippen LogP contribution in [0.1, 0.15) is 40.0 Å². The molecule has 0 spiro atoms. The van der Waals surface area contributed by atoms with Gasteiger partial charge < -0.3 is 9.84 Å². The topological polar surface area (TPSA) is 63.6 Å². The van der Waals surface area contributed by atoms with E-state index in [0.29, 0.717) is 19.3 Å². The third kappa shape index (κ3) is 4.00. The van der Waals surface area contributed by atoms with Crippen LogP contribution in [-0.2, 0) is 14.3 Å². The Balaban J connectivity index is 4.44. The molecule has 4 heteroatoms. The number of carbonyl (C=O) groups is 2. The Kier molecular flexibility index (Phi) is 6.17. The Hall–Kier alpha value is -0.900. The van der Waals surface area contributed by atoms with Gasteiger partial charge in [-0.3, -0.25) is 9.59 Å². The summed E-state index contributed by atoms with van der Waals surface area (Å²) < 4.78 is 4.88. The Bertz CT molecular complexity index is 225. The van der Waals surface area contributed by atoms with Crippen LogP contribution in [0.3, 0.4) is 0 Å². The van der Waals surface area contributed by atoms with Crippen LogP contribution in [0.25, 0.3) is 0 Å². The van der Waals surface area contributed by atoms with Gasteiger partial charge in [0.15, 0.2) is 0 Å². The highest BCUT2D eigenvalue weighted by molar-refractivity contribution is 6.02. The normalized spacial score (nSPS) is 14.4. The number of ether oxygens (including phenoxy) is 1. The van der Waals surface area contributed by atoms with E-state index in [1.165, 1.54) is 6.92 Å². The zero-order valence-corrected chi connectivity index (χ0v) is 9.71.